The second-order valence-electron chi connectivity index (χ2n) is 6.51. The molecule has 1 heterocycles. The first-order chi connectivity index (χ1) is 11.3. The zero-order valence-corrected chi connectivity index (χ0v) is 14.0. The van der Waals surface area contributed by atoms with Crippen LogP contribution in [-0.2, 0) is 14.8 Å². The van der Waals surface area contributed by atoms with Gasteiger partial charge in [0.2, 0.25) is 15.7 Å². The predicted octanol–water partition coefficient (Wildman–Crippen LogP) is 1.84. The molecule has 3 rings (SSSR count). The molecule has 0 radical (unpaired) electrons. The van der Waals surface area contributed by atoms with Gasteiger partial charge in [0, 0.05) is 13.1 Å². The highest BCUT2D eigenvalue weighted by atomic mass is 32.2. The van der Waals surface area contributed by atoms with Crippen molar-refractivity contribution in [1.82, 2.24) is 9.62 Å². The number of hydrogen-bond donors (Lipinski definition) is 1. The van der Waals surface area contributed by atoms with E-state index in [0.29, 0.717) is 12.5 Å². The van der Waals surface area contributed by atoms with Crippen LogP contribution in [0.1, 0.15) is 25.7 Å². The predicted molar refractivity (Wildman–Crippen MR) is 84.0 cm³/mol. The second kappa shape index (κ2) is 6.40. The van der Waals surface area contributed by atoms with Crippen LogP contribution in [-0.4, -0.2) is 43.9 Å². The van der Waals surface area contributed by atoms with Crippen molar-refractivity contribution in [3.63, 3.8) is 0 Å². The molecule has 132 valence electrons. The van der Waals surface area contributed by atoms with E-state index in [9.17, 15) is 17.6 Å². The van der Waals surface area contributed by atoms with Crippen LogP contribution >= 0.6 is 0 Å². The van der Waals surface area contributed by atoms with Crippen molar-refractivity contribution < 1.29 is 22.0 Å². The minimum Gasteiger partial charge on any atom is -0.353 e. The summed E-state index contributed by atoms with van der Waals surface area (Å²) in [6, 6.07) is 4.38. The Kier molecular flexibility index (Phi) is 4.61. The molecule has 2 aliphatic rings. The number of carbonyl (C=O) groups excluding carboxylic acids is 1. The molecule has 1 saturated heterocycles. The van der Waals surface area contributed by atoms with Gasteiger partial charge in [-0.15, -0.1) is 0 Å². The molecule has 1 aliphatic heterocycles. The second-order valence-corrected chi connectivity index (χ2v) is 8.45. The number of sulfonamides is 1. The lowest BCUT2D eigenvalue weighted by Gasteiger charge is -2.35. The molecule has 0 bridgehead atoms. The molecule has 2 fully saturated rings. The van der Waals surface area contributed by atoms with E-state index in [1.807, 2.05) is 0 Å². The Balaban J connectivity index is 1.73. The van der Waals surface area contributed by atoms with Crippen molar-refractivity contribution in [1.29, 1.82) is 0 Å². The minimum absolute atomic E-state index is 0.00105. The number of hydrogen-bond acceptors (Lipinski definition) is 3. The maximum atomic E-state index is 15.0. The fraction of sp³-hybridized carbons (Fsp3) is 0.562. The largest absolute Gasteiger partial charge is 0.353 e. The number of nitrogens with one attached hydrogen (secondary N) is 1. The average Bonchev–Trinajstić information content (AvgIpc) is 3.37. The third kappa shape index (κ3) is 3.59. The van der Waals surface area contributed by atoms with Gasteiger partial charge in [-0.3, -0.25) is 4.79 Å². The van der Waals surface area contributed by atoms with Crippen molar-refractivity contribution in [3.05, 3.63) is 30.1 Å². The molecule has 1 amide bonds. The summed E-state index contributed by atoms with van der Waals surface area (Å²) in [6.07, 6.45) is 2.32. The number of carbonyl (C=O) groups is 1. The van der Waals surface area contributed by atoms with Crippen molar-refractivity contribution >= 4 is 15.9 Å². The van der Waals surface area contributed by atoms with Gasteiger partial charge in [-0.2, -0.15) is 4.31 Å². The highest BCUT2D eigenvalue weighted by molar-refractivity contribution is 7.89. The van der Waals surface area contributed by atoms with Gasteiger partial charge in [-0.05, 0) is 55.9 Å². The zero-order valence-electron chi connectivity index (χ0n) is 13.2. The maximum absolute atomic E-state index is 15.0. The summed E-state index contributed by atoms with van der Waals surface area (Å²) in [4.78, 5) is 12.0. The highest BCUT2D eigenvalue weighted by Gasteiger charge is 2.46. The van der Waals surface area contributed by atoms with Crippen molar-refractivity contribution in [2.45, 2.75) is 36.2 Å². The molecule has 1 atom stereocenters. The number of alkyl halides is 1. The van der Waals surface area contributed by atoms with Crippen molar-refractivity contribution in [3.8, 4) is 0 Å². The van der Waals surface area contributed by atoms with Crippen LogP contribution in [0, 0.1) is 11.7 Å². The summed E-state index contributed by atoms with van der Waals surface area (Å²) >= 11 is 0. The van der Waals surface area contributed by atoms with Crippen molar-refractivity contribution in [2.24, 2.45) is 5.92 Å². The summed E-state index contributed by atoms with van der Waals surface area (Å²) in [7, 11) is -3.96. The molecule has 1 saturated carbocycles. The van der Waals surface area contributed by atoms with Crippen LogP contribution in [0.15, 0.2) is 29.2 Å². The molecule has 1 aliphatic carbocycles. The van der Waals surface area contributed by atoms with Crippen LogP contribution < -0.4 is 5.32 Å². The van der Waals surface area contributed by atoms with Crippen LogP contribution in [0.2, 0.25) is 0 Å². The third-order valence-electron chi connectivity index (χ3n) is 4.51. The van der Waals surface area contributed by atoms with Gasteiger partial charge < -0.3 is 5.32 Å². The van der Waals surface area contributed by atoms with Gasteiger partial charge in [0.1, 0.15) is 5.82 Å². The number of halogens is 2. The van der Waals surface area contributed by atoms with E-state index in [2.05, 4.69) is 5.32 Å². The topological polar surface area (TPSA) is 66.5 Å². The number of rotatable bonds is 5. The number of piperidine rings is 1. The summed E-state index contributed by atoms with van der Waals surface area (Å²) in [5.41, 5.74) is -2.22. The molecule has 24 heavy (non-hydrogen) atoms. The Bertz CT molecular complexity index is 719. The summed E-state index contributed by atoms with van der Waals surface area (Å²) in [5.74, 6) is -0.875. The van der Waals surface area contributed by atoms with Crippen molar-refractivity contribution in [2.75, 3.05) is 19.6 Å². The lowest BCUT2D eigenvalue weighted by atomic mass is 9.95. The molecule has 0 aromatic heterocycles. The Morgan fingerprint density at radius 2 is 1.96 bits per heavy atom. The van der Waals surface area contributed by atoms with Gasteiger partial charge in [-0.25, -0.2) is 17.2 Å². The monoisotopic (exact) mass is 358 g/mol. The Morgan fingerprint density at radius 3 is 2.58 bits per heavy atom. The molecule has 1 aromatic carbocycles. The van der Waals surface area contributed by atoms with E-state index >= 15 is 4.39 Å². The molecule has 1 N–H and O–H groups in total. The van der Waals surface area contributed by atoms with E-state index in [-0.39, 0.29) is 24.3 Å². The van der Waals surface area contributed by atoms with E-state index < -0.39 is 34.0 Å². The van der Waals surface area contributed by atoms with Gasteiger partial charge in [-0.1, -0.05) is 0 Å². The van der Waals surface area contributed by atoms with Gasteiger partial charge in [0.15, 0.2) is 0 Å². The van der Waals surface area contributed by atoms with E-state index in [4.69, 9.17) is 0 Å². The first-order valence-corrected chi connectivity index (χ1v) is 9.48. The zero-order chi connectivity index (χ0) is 17.4. The lowest BCUT2D eigenvalue weighted by molar-refractivity contribution is -0.135. The molecular weight excluding hydrogens is 338 g/mol. The minimum atomic E-state index is -3.96. The van der Waals surface area contributed by atoms with Crippen LogP contribution in [0.3, 0.4) is 0 Å². The quantitative estimate of drug-likeness (QED) is 0.873. The molecule has 5 nitrogen and oxygen atoms in total. The number of benzene rings is 1. The van der Waals surface area contributed by atoms with Gasteiger partial charge >= 0.3 is 0 Å². The average molecular weight is 358 g/mol. The van der Waals surface area contributed by atoms with Crippen LogP contribution in [0.4, 0.5) is 8.78 Å². The molecule has 1 aromatic rings. The first kappa shape index (κ1) is 17.3. The SMILES string of the molecule is O=C(NCC1CC1)C1(F)CCCN(S(=O)(=O)c2ccc(F)cc2)C1. The Hall–Kier alpha value is -1.54. The fourth-order valence-electron chi connectivity index (χ4n) is 2.84. The fourth-order valence-corrected chi connectivity index (χ4v) is 4.36. The molecular formula is C16H20F2N2O3S. The number of amides is 1. The summed E-state index contributed by atoms with van der Waals surface area (Å²) in [6.45, 7) is 0.0692. The van der Waals surface area contributed by atoms with E-state index in [0.717, 1.165) is 41.4 Å². The normalized spacial score (nSPS) is 25.4. The standard InChI is InChI=1S/C16H20F2N2O3S/c17-13-4-6-14(7-5-13)24(22,23)20-9-1-8-16(18,11-20)15(21)19-10-12-2-3-12/h4-7,12H,1-3,8-11H2,(H,19,21). The highest BCUT2D eigenvalue weighted by Crippen LogP contribution is 2.31. The van der Waals surface area contributed by atoms with Crippen LogP contribution in [0.5, 0.6) is 0 Å². The van der Waals surface area contributed by atoms with Gasteiger partial charge in [0.05, 0.1) is 11.4 Å². The van der Waals surface area contributed by atoms with E-state index in [1.54, 1.807) is 0 Å². The molecule has 0 spiro atoms. The first-order valence-electron chi connectivity index (χ1n) is 8.04. The smallest absolute Gasteiger partial charge is 0.259 e. The van der Waals surface area contributed by atoms with Crippen LogP contribution in [0.25, 0.3) is 0 Å². The van der Waals surface area contributed by atoms with E-state index in [1.165, 1.54) is 0 Å². The summed E-state index contributed by atoms with van der Waals surface area (Å²) < 4.78 is 54.2. The molecule has 1 unspecified atom stereocenters. The molecule has 8 heteroatoms. The third-order valence-corrected chi connectivity index (χ3v) is 6.37. The number of nitrogens with zero attached hydrogens (tertiary/aromatic N) is 1. The maximum Gasteiger partial charge on any atom is 0.259 e. The van der Waals surface area contributed by atoms with Gasteiger partial charge in [0.25, 0.3) is 5.91 Å². The summed E-state index contributed by atoms with van der Waals surface area (Å²) in [5, 5.41) is 2.59. The lowest BCUT2D eigenvalue weighted by Crippen LogP contribution is -2.55. The Morgan fingerprint density at radius 1 is 1.29 bits per heavy atom. The Labute approximate surface area is 140 Å².